The van der Waals surface area contributed by atoms with Gasteiger partial charge in [-0.15, -0.1) is 11.3 Å². The average molecular weight is 362 g/mol. The van der Waals surface area contributed by atoms with Crippen LogP contribution in [0.3, 0.4) is 0 Å². The molecule has 6 nitrogen and oxygen atoms in total. The monoisotopic (exact) mass is 362 g/mol. The lowest BCUT2D eigenvalue weighted by atomic mass is 10.1. The van der Waals surface area contributed by atoms with Gasteiger partial charge in [0.1, 0.15) is 9.36 Å². The number of carbonyl (C=O) groups excluding carboxylic acids is 1. The normalized spacial score (nSPS) is 15.6. The summed E-state index contributed by atoms with van der Waals surface area (Å²) in [5, 5.41) is 0.578. The van der Waals surface area contributed by atoms with Crippen molar-refractivity contribution in [3.8, 4) is 0 Å². The van der Waals surface area contributed by atoms with E-state index in [0.717, 1.165) is 59.5 Å². The maximum atomic E-state index is 12.9. The third kappa shape index (κ3) is 2.29. The van der Waals surface area contributed by atoms with Gasteiger partial charge in [-0.25, -0.2) is 14.2 Å². The summed E-state index contributed by atoms with van der Waals surface area (Å²) in [6.07, 6.45) is 6.27. The van der Waals surface area contributed by atoms with Crippen LogP contribution in [0.25, 0.3) is 21.3 Å². The summed E-state index contributed by atoms with van der Waals surface area (Å²) >= 11 is 2.59. The fourth-order valence-electron chi connectivity index (χ4n) is 3.12. The predicted molar refractivity (Wildman–Crippen MR) is 94.0 cm³/mol. The molecule has 0 bridgehead atoms. The van der Waals surface area contributed by atoms with Gasteiger partial charge >= 0.3 is 5.97 Å². The molecule has 3 heterocycles. The molecule has 0 saturated carbocycles. The molecule has 0 aromatic carbocycles. The first-order valence-electron chi connectivity index (χ1n) is 7.69. The minimum atomic E-state index is -0.623. The van der Waals surface area contributed by atoms with Gasteiger partial charge in [-0.1, -0.05) is 17.8 Å². The molecule has 8 heteroatoms. The van der Waals surface area contributed by atoms with E-state index < -0.39 is 11.5 Å². The van der Waals surface area contributed by atoms with Crippen LogP contribution in [0.1, 0.15) is 29.7 Å². The quantitative estimate of drug-likeness (QED) is 0.481. The second-order valence-corrected chi connectivity index (χ2v) is 7.81. The molecule has 0 amide bonds. The van der Waals surface area contributed by atoms with Crippen LogP contribution in [0.4, 0.5) is 0 Å². The van der Waals surface area contributed by atoms with E-state index in [2.05, 4.69) is 9.72 Å². The van der Waals surface area contributed by atoms with Crippen LogP contribution < -0.4 is 15.7 Å². The molecule has 0 spiro atoms. The summed E-state index contributed by atoms with van der Waals surface area (Å²) in [5.41, 5.74) is 0.233. The number of aromatic nitrogens is 2. The van der Waals surface area contributed by atoms with Crippen molar-refractivity contribution in [2.45, 2.75) is 32.1 Å². The molecule has 0 fully saturated rings. The molecule has 24 heavy (non-hydrogen) atoms. The standard InChI is InChI=1S/C16H14N2O4S2/c1-22-11(19)7-10-14(20)18-15(21)12-8-5-3-2-4-6-9(8)23-13(12)17-16(18)24-10/h7H,2-6H2,1H3/b10-7-. The molecule has 3 aromatic rings. The SMILES string of the molecule is COC(=O)/C=c1\sc2nc3sc4c(c3c(=O)n2c1=O)CCCCC4. The summed E-state index contributed by atoms with van der Waals surface area (Å²) in [5.74, 6) is -0.623. The Balaban J connectivity index is 2.08. The van der Waals surface area contributed by atoms with Crippen molar-refractivity contribution in [1.82, 2.24) is 9.38 Å². The lowest BCUT2D eigenvalue weighted by Gasteiger charge is -1.97. The van der Waals surface area contributed by atoms with Crippen LogP contribution in [0, 0.1) is 0 Å². The Morgan fingerprint density at radius 2 is 1.96 bits per heavy atom. The van der Waals surface area contributed by atoms with E-state index in [1.807, 2.05) is 0 Å². The number of aryl methyl sites for hydroxylation is 2. The Bertz CT molecular complexity index is 1140. The lowest BCUT2D eigenvalue weighted by molar-refractivity contribution is -0.133. The summed E-state index contributed by atoms with van der Waals surface area (Å²) in [4.78, 5) is 43.6. The van der Waals surface area contributed by atoms with Crippen LogP contribution >= 0.6 is 22.7 Å². The topological polar surface area (TPSA) is 77.7 Å². The van der Waals surface area contributed by atoms with Crippen LogP contribution in [-0.2, 0) is 22.4 Å². The van der Waals surface area contributed by atoms with Crippen molar-refractivity contribution in [1.29, 1.82) is 0 Å². The highest BCUT2D eigenvalue weighted by Gasteiger charge is 2.21. The smallest absolute Gasteiger partial charge is 0.332 e. The van der Waals surface area contributed by atoms with Gasteiger partial charge in [-0.3, -0.25) is 9.59 Å². The van der Waals surface area contributed by atoms with E-state index in [9.17, 15) is 14.4 Å². The van der Waals surface area contributed by atoms with Crippen LogP contribution in [0.5, 0.6) is 0 Å². The number of hydrogen-bond donors (Lipinski definition) is 0. The van der Waals surface area contributed by atoms with Crippen molar-refractivity contribution in [3.63, 3.8) is 0 Å². The molecule has 3 aromatic heterocycles. The fraction of sp³-hybridized carbons (Fsp3) is 0.375. The number of thiazole rings is 1. The Labute approximate surface area is 144 Å². The number of thiophene rings is 1. The van der Waals surface area contributed by atoms with Crippen LogP contribution in [0.15, 0.2) is 9.59 Å². The van der Waals surface area contributed by atoms with Crippen molar-refractivity contribution in [2.75, 3.05) is 7.11 Å². The van der Waals surface area contributed by atoms with Gasteiger partial charge in [-0.05, 0) is 31.2 Å². The third-order valence-electron chi connectivity index (χ3n) is 4.27. The van der Waals surface area contributed by atoms with Crippen molar-refractivity contribution < 1.29 is 9.53 Å². The van der Waals surface area contributed by atoms with E-state index in [1.165, 1.54) is 12.0 Å². The molecule has 1 aliphatic carbocycles. The Morgan fingerprint density at radius 3 is 2.75 bits per heavy atom. The highest BCUT2D eigenvalue weighted by atomic mass is 32.1. The molecule has 0 unspecified atom stereocenters. The van der Waals surface area contributed by atoms with E-state index >= 15 is 0 Å². The molecule has 0 N–H and O–H groups in total. The van der Waals surface area contributed by atoms with Gasteiger partial charge in [0, 0.05) is 11.0 Å². The predicted octanol–water partition coefficient (Wildman–Crippen LogP) is 1.27. The zero-order chi connectivity index (χ0) is 16.8. The van der Waals surface area contributed by atoms with Crippen molar-refractivity contribution >= 4 is 49.9 Å². The van der Waals surface area contributed by atoms with Crippen LogP contribution in [0.2, 0.25) is 0 Å². The van der Waals surface area contributed by atoms with Gasteiger partial charge in [0.2, 0.25) is 4.96 Å². The maximum Gasteiger partial charge on any atom is 0.332 e. The molecule has 0 atom stereocenters. The Hall–Kier alpha value is -2.06. The van der Waals surface area contributed by atoms with Crippen molar-refractivity contribution in [2.24, 2.45) is 0 Å². The van der Waals surface area contributed by atoms with E-state index in [0.29, 0.717) is 15.2 Å². The van der Waals surface area contributed by atoms with E-state index in [4.69, 9.17) is 0 Å². The van der Waals surface area contributed by atoms with Gasteiger partial charge in [-0.2, -0.15) is 0 Å². The number of rotatable bonds is 1. The number of esters is 1. The highest BCUT2D eigenvalue weighted by molar-refractivity contribution is 7.19. The third-order valence-corrected chi connectivity index (χ3v) is 6.43. The summed E-state index contributed by atoms with van der Waals surface area (Å²) in [6, 6.07) is 0. The highest BCUT2D eigenvalue weighted by Crippen LogP contribution is 2.33. The number of hydrogen-bond acceptors (Lipinski definition) is 7. The Morgan fingerprint density at radius 1 is 1.17 bits per heavy atom. The molecular weight excluding hydrogens is 348 g/mol. The van der Waals surface area contributed by atoms with Crippen LogP contribution in [-0.4, -0.2) is 22.5 Å². The molecular formula is C16H14N2O4S2. The largest absolute Gasteiger partial charge is 0.466 e. The minimum absolute atomic E-state index is 0.162. The Kier molecular flexibility index (Phi) is 3.73. The van der Waals surface area contributed by atoms with Gasteiger partial charge < -0.3 is 4.74 Å². The number of carbonyl (C=O) groups is 1. The van der Waals surface area contributed by atoms with Crippen molar-refractivity contribution in [3.05, 3.63) is 35.7 Å². The zero-order valence-corrected chi connectivity index (χ0v) is 14.6. The number of ether oxygens (including phenoxy) is 1. The molecule has 4 rings (SSSR count). The summed E-state index contributed by atoms with van der Waals surface area (Å²) < 4.78 is 5.80. The molecule has 0 aliphatic heterocycles. The first-order chi connectivity index (χ1) is 11.6. The molecule has 0 saturated heterocycles. The number of methoxy groups -OCH3 is 1. The van der Waals surface area contributed by atoms with Gasteiger partial charge in [0.05, 0.1) is 12.5 Å². The van der Waals surface area contributed by atoms with E-state index in [1.54, 1.807) is 11.3 Å². The molecule has 124 valence electrons. The molecule has 0 radical (unpaired) electrons. The average Bonchev–Trinajstić information content (AvgIpc) is 2.96. The summed E-state index contributed by atoms with van der Waals surface area (Å²) in [7, 11) is 1.24. The van der Waals surface area contributed by atoms with E-state index in [-0.39, 0.29) is 10.1 Å². The minimum Gasteiger partial charge on any atom is -0.466 e. The number of nitrogens with zero attached hydrogens (tertiary/aromatic N) is 2. The summed E-state index contributed by atoms with van der Waals surface area (Å²) in [6.45, 7) is 0. The second kappa shape index (κ2) is 5.78. The first-order valence-corrected chi connectivity index (χ1v) is 9.33. The molecule has 1 aliphatic rings. The lowest BCUT2D eigenvalue weighted by Crippen LogP contribution is -2.31. The number of fused-ring (bicyclic) bond motifs is 4. The second-order valence-electron chi connectivity index (χ2n) is 5.72. The maximum absolute atomic E-state index is 12.9. The first kappa shape index (κ1) is 15.5. The van der Waals surface area contributed by atoms with Gasteiger partial charge in [0.25, 0.3) is 11.1 Å². The van der Waals surface area contributed by atoms with Gasteiger partial charge in [0.15, 0.2) is 0 Å². The zero-order valence-electron chi connectivity index (χ0n) is 13.0. The fourth-order valence-corrected chi connectivity index (χ4v) is 5.35.